The number of nitrogens with one attached hydrogen (secondary N) is 1. The molecule has 156 valence electrons. The average Bonchev–Trinajstić information content (AvgIpc) is 3.15. The van der Waals surface area contributed by atoms with Crippen LogP contribution in [-0.4, -0.2) is 49.5 Å². The summed E-state index contributed by atoms with van der Waals surface area (Å²) < 4.78 is 80.4. The molecule has 0 aromatic heterocycles. The van der Waals surface area contributed by atoms with Gasteiger partial charge < -0.3 is 19.9 Å². The molecule has 11 heteroatoms. The van der Waals surface area contributed by atoms with Crippen LogP contribution in [-0.2, 0) is 11.3 Å². The molecule has 0 saturated heterocycles. The Hall–Kier alpha value is -2.59. The Morgan fingerprint density at radius 1 is 1.14 bits per heavy atom. The van der Waals surface area contributed by atoms with Gasteiger partial charge in [-0.3, -0.25) is 0 Å². The summed E-state index contributed by atoms with van der Waals surface area (Å²) in [5.74, 6) is -0.465. The summed E-state index contributed by atoms with van der Waals surface area (Å²) in [4.78, 5) is 14.4. The van der Waals surface area contributed by atoms with Gasteiger partial charge >= 0.3 is 6.03 Å². The maximum atomic E-state index is 13.3. The molecule has 5 nitrogen and oxygen atoms in total. The second-order valence-electron chi connectivity index (χ2n) is 5.88. The molecule has 0 fully saturated rings. The quantitative estimate of drug-likeness (QED) is 0.519. The number of alkyl halides is 6. The number of urea groups is 1. The van der Waals surface area contributed by atoms with E-state index in [0.717, 1.165) is 11.1 Å². The molecule has 0 aliphatic carbocycles. The third kappa shape index (κ3) is 5.46. The fourth-order valence-corrected chi connectivity index (χ4v) is 2.41. The summed E-state index contributed by atoms with van der Waals surface area (Å²) in [6, 6.07) is 5.43. The molecule has 2 rings (SSSR count). The minimum atomic E-state index is -3.32. The minimum absolute atomic E-state index is 0.0358. The fraction of sp³-hybridized carbons (Fsp3) is 0.471. The second-order valence-corrected chi connectivity index (χ2v) is 5.88. The van der Waals surface area contributed by atoms with Gasteiger partial charge in [0.2, 0.25) is 12.5 Å². The second kappa shape index (κ2) is 9.56. The van der Waals surface area contributed by atoms with Crippen LogP contribution in [0.1, 0.15) is 12.5 Å². The molecule has 1 N–H and O–H groups in total. The number of hydrogen-bond acceptors (Lipinski definition) is 3. The van der Waals surface area contributed by atoms with Crippen molar-refractivity contribution in [3.63, 3.8) is 0 Å². The van der Waals surface area contributed by atoms with Crippen LogP contribution < -0.4 is 10.2 Å². The maximum Gasteiger partial charge on any atom is 0.320 e. The van der Waals surface area contributed by atoms with Crippen molar-refractivity contribution < 1.29 is 35.9 Å². The van der Waals surface area contributed by atoms with Crippen LogP contribution in [0.4, 0.5) is 36.8 Å². The van der Waals surface area contributed by atoms with Gasteiger partial charge in [-0.15, -0.1) is 0 Å². The number of rotatable bonds is 8. The predicted octanol–water partition coefficient (Wildman–Crippen LogP) is 4.02. The molecule has 1 aliphatic rings. The van der Waals surface area contributed by atoms with Crippen LogP contribution in [0.2, 0.25) is 0 Å². The lowest BCUT2D eigenvalue weighted by Crippen LogP contribution is -2.45. The molecule has 0 radical (unpaired) electrons. The summed E-state index contributed by atoms with van der Waals surface area (Å²) in [7, 11) is 0. The van der Waals surface area contributed by atoms with E-state index in [9.17, 15) is 31.1 Å². The first-order valence-corrected chi connectivity index (χ1v) is 8.33. The first kappa shape index (κ1) is 21.7. The fourth-order valence-electron chi connectivity index (χ4n) is 2.41. The summed E-state index contributed by atoms with van der Waals surface area (Å²) >= 11 is 0. The Bertz CT molecular complexity index is 686. The number of halogens is 6. The molecule has 2 atom stereocenters. The van der Waals surface area contributed by atoms with Crippen LogP contribution in [0.15, 0.2) is 36.2 Å². The number of amides is 2. The first-order chi connectivity index (χ1) is 13.2. The summed E-state index contributed by atoms with van der Waals surface area (Å²) in [6.07, 6.45) is -10.6. The van der Waals surface area contributed by atoms with Gasteiger partial charge in [0.1, 0.15) is 0 Å². The molecule has 28 heavy (non-hydrogen) atoms. The Balaban J connectivity index is 1.99. The summed E-state index contributed by atoms with van der Waals surface area (Å²) in [5.41, 5.74) is 1.16. The normalized spacial score (nSPS) is 16.0. The smallest absolute Gasteiger partial charge is 0.320 e. The number of allylic oxidation sites excluding steroid dienone is 1. The van der Waals surface area contributed by atoms with Crippen molar-refractivity contribution in [2.75, 3.05) is 18.2 Å². The van der Waals surface area contributed by atoms with Gasteiger partial charge in [-0.05, 0) is 24.6 Å². The summed E-state index contributed by atoms with van der Waals surface area (Å²) in [6.45, 7) is 1.67. The van der Waals surface area contributed by atoms with Gasteiger partial charge in [0.25, 0.3) is 12.9 Å². The Kier molecular flexibility index (Phi) is 7.41. The highest BCUT2D eigenvalue weighted by molar-refractivity contribution is 5.74. The van der Waals surface area contributed by atoms with Crippen molar-refractivity contribution >= 4 is 11.7 Å². The monoisotopic (exact) mass is 411 g/mol. The van der Waals surface area contributed by atoms with E-state index in [-0.39, 0.29) is 19.8 Å². The minimum Gasteiger partial charge on any atom is -0.472 e. The molecule has 1 aromatic carbocycles. The lowest BCUT2D eigenvalue weighted by molar-refractivity contribution is 0.0333. The summed E-state index contributed by atoms with van der Waals surface area (Å²) in [5, 5.41) is 1.57. The number of carbonyl (C=O) groups is 1. The molecule has 1 aromatic rings. The van der Waals surface area contributed by atoms with E-state index in [1.807, 2.05) is 0 Å². The van der Waals surface area contributed by atoms with E-state index in [1.54, 1.807) is 36.5 Å². The number of hydrogen-bond donors (Lipinski definition) is 1. The molecule has 1 aliphatic heterocycles. The van der Waals surface area contributed by atoms with Crippen molar-refractivity contribution in [1.29, 1.82) is 0 Å². The van der Waals surface area contributed by atoms with E-state index in [4.69, 9.17) is 4.74 Å². The number of ether oxygens (including phenoxy) is 1. The number of anilines is 1. The van der Waals surface area contributed by atoms with Crippen molar-refractivity contribution in [3.8, 4) is 0 Å². The number of nitrogens with zero attached hydrogens (tertiary/aromatic N) is 2. The molecule has 0 saturated carbocycles. The lowest BCUT2D eigenvalue weighted by atomic mass is 10.2. The Morgan fingerprint density at radius 3 is 2.32 bits per heavy atom. The molecule has 2 unspecified atom stereocenters. The molecule has 0 spiro atoms. The molecular formula is C17H19F6N3O2. The Morgan fingerprint density at radius 2 is 1.79 bits per heavy atom. The zero-order valence-corrected chi connectivity index (χ0v) is 14.8. The van der Waals surface area contributed by atoms with Crippen LogP contribution in [0, 0.1) is 0 Å². The van der Waals surface area contributed by atoms with Crippen molar-refractivity contribution in [2.24, 2.45) is 0 Å². The molecule has 2 amide bonds. The van der Waals surface area contributed by atoms with Crippen molar-refractivity contribution in [1.82, 2.24) is 10.2 Å². The van der Waals surface area contributed by atoms with E-state index in [1.165, 1.54) is 4.90 Å². The highest BCUT2D eigenvalue weighted by Crippen LogP contribution is 2.26. The van der Waals surface area contributed by atoms with Crippen LogP contribution in [0.3, 0.4) is 0 Å². The molecular weight excluding hydrogens is 392 g/mol. The van der Waals surface area contributed by atoms with Crippen LogP contribution >= 0.6 is 0 Å². The third-order valence-corrected chi connectivity index (χ3v) is 3.94. The zero-order chi connectivity index (χ0) is 20.8. The standard InChI is InChI=1S/C17H19F6N3O2/c1-2-25(17(27)24-16(23)15(21)22)7-10-3-5-11(6-4-10)26-8-12(28-9-26)13(18)14(19)20/h3-6,8,13-16H,2,7,9H2,1H3,(H,24,27). The van der Waals surface area contributed by atoms with Gasteiger partial charge in [0, 0.05) is 25.0 Å². The molecule has 1 heterocycles. The van der Waals surface area contributed by atoms with Crippen molar-refractivity contribution in [3.05, 3.63) is 41.8 Å². The van der Waals surface area contributed by atoms with Gasteiger partial charge in [-0.25, -0.2) is 31.1 Å². The van der Waals surface area contributed by atoms with Crippen LogP contribution in [0.25, 0.3) is 0 Å². The maximum absolute atomic E-state index is 13.3. The van der Waals surface area contributed by atoms with Gasteiger partial charge in [0.05, 0.1) is 0 Å². The molecule has 0 bridgehead atoms. The third-order valence-electron chi connectivity index (χ3n) is 3.94. The largest absolute Gasteiger partial charge is 0.472 e. The number of benzene rings is 1. The van der Waals surface area contributed by atoms with E-state index >= 15 is 0 Å². The Labute approximate surface area is 157 Å². The number of carbonyl (C=O) groups excluding carboxylic acids is 1. The SMILES string of the molecule is CCN(Cc1ccc(N2C=C(C(F)C(F)F)OC2)cc1)C(=O)NC(F)C(F)F. The van der Waals surface area contributed by atoms with Crippen molar-refractivity contribution in [2.45, 2.75) is 38.8 Å². The highest BCUT2D eigenvalue weighted by atomic mass is 19.3. The van der Waals surface area contributed by atoms with E-state index in [0.29, 0.717) is 11.3 Å². The predicted molar refractivity (Wildman–Crippen MR) is 89.4 cm³/mol. The highest BCUT2D eigenvalue weighted by Gasteiger charge is 2.30. The van der Waals surface area contributed by atoms with Gasteiger partial charge in [-0.2, -0.15) is 0 Å². The van der Waals surface area contributed by atoms with Gasteiger partial charge in [-0.1, -0.05) is 12.1 Å². The first-order valence-electron chi connectivity index (χ1n) is 8.33. The van der Waals surface area contributed by atoms with E-state index < -0.39 is 37.1 Å². The zero-order valence-electron chi connectivity index (χ0n) is 14.8. The topological polar surface area (TPSA) is 44.8 Å². The lowest BCUT2D eigenvalue weighted by Gasteiger charge is -2.23. The van der Waals surface area contributed by atoms with Crippen LogP contribution in [0.5, 0.6) is 0 Å². The van der Waals surface area contributed by atoms with E-state index in [2.05, 4.69) is 0 Å². The van der Waals surface area contributed by atoms with Gasteiger partial charge in [0.15, 0.2) is 12.5 Å². The average molecular weight is 411 g/mol.